The third kappa shape index (κ3) is 6.70. The second-order valence-electron chi connectivity index (χ2n) is 8.84. The minimum atomic E-state index is -0.189. The van der Waals surface area contributed by atoms with Crippen molar-refractivity contribution in [2.45, 2.75) is 23.8 Å². The number of nitrogens with zero attached hydrogens (tertiary/aromatic N) is 4. The number of thiazole rings is 1. The number of aromatic nitrogens is 4. The minimum Gasteiger partial charge on any atom is -0.493 e. The number of carbonyl (C=O) groups excluding carboxylic acids is 1. The van der Waals surface area contributed by atoms with Gasteiger partial charge in [0, 0.05) is 24.0 Å². The van der Waals surface area contributed by atoms with Crippen LogP contribution in [-0.4, -0.2) is 46.4 Å². The van der Waals surface area contributed by atoms with E-state index in [1.807, 2.05) is 54.6 Å². The molecule has 0 saturated carbocycles. The first-order valence-electron chi connectivity index (χ1n) is 12.7. The number of benzene rings is 3. The van der Waals surface area contributed by atoms with Gasteiger partial charge in [-0.1, -0.05) is 66.4 Å². The molecule has 5 rings (SSSR count). The SMILES string of the molecule is COc1ccc(CCNC(=O)c2csc(CSc3nnc(Cc4ccccc4)n3-c3ccccc3)n2)cc1OC. The van der Waals surface area contributed by atoms with Gasteiger partial charge in [-0.3, -0.25) is 9.36 Å². The molecule has 0 aliphatic carbocycles. The minimum absolute atomic E-state index is 0.189. The maximum Gasteiger partial charge on any atom is 0.270 e. The summed E-state index contributed by atoms with van der Waals surface area (Å²) in [5.41, 5.74) is 3.64. The van der Waals surface area contributed by atoms with E-state index in [4.69, 9.17) is 9.47 Å². The molecule has 3 aromatic carbocycles. The van der Waals surface area contributed by atoms with Crippen molar-refractivity contribution < 1.29 is 14.3 Å². The molecule has 0 atom stereocenters. The number of thioether (sulfide) groups is 1. The van der Waals surface area contributed by atoms with Gasteiger partial charge >= 0.3 is 0 Å². The molecule has 204 valence electrons. The van der Waals surface area contributed by atoms with Crippen molar-refractivity contribution >= 4 is 29.0 Å². The zero-order valence-electron chi connectivity index (χ0n) is 22.2. The Kier molecular flexibility index (Phi) is 9.10. The van der Waals surface area contributed by atoms with Crippen molar-refractivity contribution in [1.29, 1.82) is 0 Å². The molecule has 2 aromatic heterocycles. The molecular formula is C30H29N5O3S2. The number of carbonyl (C=O) groups is 1. The molecule has 0 aliphatic heterocycles. The van der Waals surface area contributed by atoms with E-state index in [1.165, 1.54) is 16.9 Å². The van der Waals surface area contributed by atoms with Crippen LogP contribution in [0.25, 0.3) is 5.69 Å². The Morgan fingerprint density at radius 1 is 0.925 bits per heavy atom. The highest BCUT2D eigenvalue weighted by Crippen LogP contribution is 2.28. The Bertz CT molecular complexity index is 1550. The third-order valence-corrected chi connectivity index (χ3v) is 8.15. The summed E-state index contributed by atoms with van der Waals surface area (Å²) in [6.45, 7) is 0.486. The van der Waals surface area contributed by atoms with Crippen LogP contribution in [0.2, 0.25) is 0 Å². The van der Waals surface area contributed by atoms with E-state index in [2.05, 4.69) is 49.3 Å². The fourth-order valence-corrected chi connectivity index (χ4v) is 5.94. The van der Waals surface area contributed by atoms with Gasteiger partial charge in [-0.05, 0) is 41.8 Å². The highest BCUT2D eigenvalue weighted by atomic mass is 32.2. The van der Waals surface area contributed by atoms with E-state index < -0.39 is 0 Å². The lowest BCUT2D eigenvalue weighted by Gasteiger charge is -2.10. The molecule has 40 heavy (non-hydrogen) atoms. The quantitative estimate of drug-likeness (QED) is 0.195. The van der Waals surface area contributed by atoms with Crippen LogP contribution in [0, 0.1) is 0 Å². The van der Waals surface area contributed by atoms with Crippen LogP contribution in [0.5, 0.6) is 11.5 Å². The van der Waals surface area contributed by atoms with Crippen molar-refractivity contribution in [2.75, 3.05) is 20.8 Å². The third-order valence-electron chi connectivity index (χ3n) is 6.18. The Morgan fingerprint density at radius 3 is 2.42 bits per heavy atom. The van der Waals surface area contributed by atoms with Crippen LogP contribution in [0.4, 0.5) is 0 Å². The van der Waals surface area contributed by atoms with E-state index >= 15 is 0 Å². The smallest absolute Gasteiger partial charge is 0.270 e. The maximum atomic E-state index is 12.7. The Hall–Kier alpha value is -4.15. The largest absolute Gasteiger partial charge is 0.493 e. The summed E-state index contributed by atoms with van der Waals surface area (Å²) in [5.74, 6) is 2.61. The van der Waals surface area contributed by atoms with Gasteiger partial charge in [0.1, 0.15) is 16.5 Å². The topological polar surface area (TPSA) is 91.2 Å². The second kappa shape index (κ2) is 13.3. The molecule has 0 unspecified atom stereocenters. The van der Waals surface area contributed by atoms with Crippen molar-refractivity contribution in [3.63, 3.8) is 0 Å². The molecule has 2 heterocycles. The van der Waals surface area contributed by atoms with Crippen molar-refractivity contribution in [1.82, 2.24) is 25.1 Å². The Labute approximate surface area is 241 Å². The maximum absolute atomic E-state index is 12.7. The van der Waals surface area contributed by atoms with Gasteiger partial charge < -0.3 is 14.8 Å². The van der Waals surface area contributed by atoms with Gasteiger partial charge in [0.2, 0.25) is 0 Å². The highest BCUT2D eigenvalue weighted by molar-refractivity contribution is 7.98. The van der Waals surface area contributed by atoms with Crippen molar-refractivity contribution in [3.05, 3.63) is 112 Å². The first-order chi connectivity index (χ1) is 19.6. The van der Waals surface area contributed by atoms with Crippen LogP contribution >= 0.6 is 23.1 Å². The molecule has 0 saturated heterocycles. The van der Waals surface area contributed by atoms with Crippen molar-refractivity contribution in [2.24, 2.45) is 0 Å². The summed E-state index contributed by atoms with van der Waals surface area (Å²) >= 11 is 3.02. The summed E-state index contributed by atoms with van der Waals surface area (Å²) < 4.78 is 12.7. The molecule has 0 bridgehead atoms. The lowest BCUT2D eigenvalue weighted by Crippen LogP contribution is -2.26. The second-order valence-corrected chi connectivity index (χ2v) is 10.7. The van der Waals surface area contributed by atoms with Gasteiger partial charge in [-0.2, -0.15) is 0 Å². The Balaban J connectivity index is 1.21. The summed E-state index contributed by atoms with van der Waals surface area (Å²) in [6.07, 6.45) is 1.34. The van der Waals surface area contributed by atoms with Crippen LogP contribution in [0.1, 0.15) is 32.4 Å². The van der Waals surface area contributed by atoms with E-state index in [0.29, 0.717) is 42.3 Å². The Morgan fingerprint density at radius 2 is 1.68 bits per heavy atom. The number of rotatable bonds is 12. The lowest BCUT2D eigenvalue weighted by molar-refractivity contribution is 0.0949. The molecule has 0 aliphatic rings. The number of hydrogen-bond donors (Lipinski definition) is 1. The molecule has 0 radical (unpaired) electrons. The number of methoxy groups -OCH3 is 2. The van der Waals surface area contributed by atoms with Crippen LogP contribution in [-0.2, 0) is 18.6 Å². The van der Waals surface area contributed by atoms with Crippen molar-refractivity contribution in [3.8, 4) is 17.2 Å². The van der Waals surface area contributed by atoms with Crippen LogP contribution < -0.4 is 14.8 Å². The molecule has 0 spiro atoms. The molecule has 8 nitrogen and oxygen atoms in total. The van der Waals surface area contributed by atoms with Gasteiger partial charge in [0.05, 0.1) is 20.0 Å². The zero-order chi connectivity index (χ0) is 27.7. The van der Waals surface area contributed by atoms with E-state index in [-0.39, 0.29) is 5.91 Å². The monoisotopic (exact) mass is 571 g/mol. The molecule has 1 N–H and O–H groups in total. The van der Waals surface area contributed by atoms with E-state index in [1.54, 1.807) is 31.4 Å². The number of para-hydroxylation sites is 1. The van der Waals surface area contributed by atoms with Gasteiger partial charge in [0.25, 0.3) is 5.91 Å². The first kappa shape index (κ1) is 27.4. The summed E-state index contributed by atoms with van der Waals surface area (Å²) in [4.78, 5) is 17.3. The highest BCUT2D eigenvalue weighted by Gasteiger charge is 2.17. The molecule has 0 fully saturated rings. The predicted molar refractivity (Wildman–Crippen MR) is 158 cm³/mol. The van der Waals surface area contributed by atoms with Crippen LogP contribution in [0.3, 0.4) is 0 Å². The summed E-state index contributed by atoms with van der Waals surface area (Å²) in [7, 11) is 3.21. The molecule has 5 aromatic rings. The number of nitrogens with one attached hydrogen (secondary N) is 1. The fraction of sp³-hybridized carbons (Fsp3) is 0.200. The number of ether oxygens (including phenoxy) is 2. The van der Waals surface area contributed by atoms with E-state index in [0.717, 1.165) is 27.2 Å². The molecule has 1 amide bonds. The molecular weight excluding hydrogens is 542 g/mol. The van der Waals surface area contributed by atoms with Gasteiger partial charge in [-0.15, -0.1) is 21.5 Å². The average molecular weight is 572 g/mol. The average Bonchev–Trinajstić information content (AvgIpc) is 3.64. The predicted octanol–water partition coefficient (Wildman–Crippen LogP) is 5.60. The standard InChI is InChI=1S/C30H29N5O3S2/c1-37-25-14-13-22(17-26(25)38-2)15-16-31-29(36)24-19-39-28(32-24)20-40-30-34-33-27(18-21-9-5-3-6-10-21)35(30)23-11-7-4-8-12-23/h3-14,17,19H,15-16,18,20H2,1-2H3,(H,31,36). The normalized spacial score (nSPS) is 10.8. The van der Waals surface area contributed by atoms with Gasteiger partial charge in [-0.25, -0.2) is 4.98 Å². The summed E-state index contributed by atoms with van der Waals surface area (Å²) in [5, 5.41) is 15.4. The van der Waals surface area contributed by atoms with Gasteiger partial charge in [0.15, 0.2) is 16.7 Å². The zero-order valence-corrected chi connectivity index (χ0v) is 23.9. The van der Waals surface area contributed by atoms with Crippen LogP contribution in [0.15, 0.2) is 89.4 Å². The molecule has 10 heteroatoms. The van der Waals surface area contributed by atoms with E-state index in [9.17, 15) is 4.79 Å². The number of amides is 1. The fourth-order valence-electron chi connectivity index (χ4n) is 4.18. The number of hydrogen-bond acceptors (Lipinski definition) is 8. The first-order valence-corrected chi connectivity index (χ1v) is 14.6. The lowest BCUT2D eigenvalue weighted by atomic mass is 10.1. The summed E-state index contributed by atoms with van der Waals surface area (Å²) in [6, 6.07) is 26.1.